The number of rotatable bonds is 6. The largest absolute Gasteiger partial charge is 0.313 e. The zero-order chi connectivity index (χ0) is 11.8. The second-order valence-corrected chi connectivity index (χ2v) is 5.38. The average molecular weight is 226 g/mol. The Labute approximate surface area is 102 Å². The van der Waals surface area contributed by atoms with Crippen molar-refractivity contribution in [2.75, 3.05) is 20.1 Å². The van der Waals surface area contributed by atoms with Crippen molar-refractivity contribution < 1.29 is 0 Å². The van der Waals surface area contributed by atoms with Crippen molar-refractivity contribution in [1.82, 2.24) is 10.2 Å². The van der Waals surface area contributed by atoms with Crippen LogP contribution in [0.3, 0.4) is 0 Å². The minimum atomic E-state index is 0.718. The minimum absolute atomic E-state index is 0.718. The number of nitrogens with one attached hydrogen (secondary N) is 1. The Hall–Kier alpha value is -0.0800. The summed E-state index contributed by atoms with van der Waals surface area (Å²) in [5.74, 6) is 0. The van der Waals surface area contributed by atoms with Gasteiger partial charge in [0, 0.05) is 25.2 Å². The Bertz CT molecular complexity index is 162. The average Bonchev–Trinajstić information content (AvgIpc) is 2.56. The quantitative estimate of drug-likeness (QED) is 0.700. The summed E-state index contributed by atoms with van der Waals surface area (Å²) >= 11 is 0. The van der Waals surface area contributed by atoms with Crippen molar-refractivity contribution in [1.29, 1.82) is 0 Å². The maximum atomic E-state index is 3.73. The van der Waals surface area contributed by atoms with E-state index in [0.29, 0.717) is 0 Å². The van der Waals surface area contributed by atoms with Crippen molar-refractivity contribution in [3.05, 3.63) is 0 Å². The van der Waals surface area contributed by atoms with Crippen LogP contribution < -0.4 is 5.32 Å². The van der Waals surface area contributed by atoms with Crippen molar-refractivity contribution in [3.63, 3.8) is 0 Å². The van der Waals surface area contributed by atoms with Crippen molar-refractivity contribution in [3.8, 4) is 0 Å². The van der Waals surface area contributed by atoms with Crippen molar-refractivity contribution in [2.45, 2.75) is 70.9 Å². The molecule has 96 valence electrons. The van der Waals surface area contributed by atoms with Gasteiger partial charge in [0.25, 0.3) is 0 Å². The molecule has 0 spiro atoms. The van der Waals surface area contributed by atoms with Gasteiger partial charge < -0.3 is 10.2 Å². The predicted molar refractivity (Wildman–Crippen MR) is 71.9 cm³/mol. The van der Waals surface area contributed by atoms with Crippen molar-refractivity contribution >= 4 is 0 Å². The Morgan fingerprint density at radius 3 is 2.38 bits per heavy atom. The van der Waals surface area contributed by atoms with Gasteiger partial charge in [-0.15, -0.1) is 0 Å². The third kappa shape index (κ3) is 5.31. The Morgan fingerprint density at radius 1 is 1.19 bits per heavy atom. The van der Waals surface area contributed by atoms with E-state index in [2.05, 4.69) is 31.1 Å². The van der Waals surface area contributed by atoms with E-state index in [0.717, 1.165) is 18.6 Å². The smallest absolute Gasteiger partial charge is 0.0107 e. The molecule has 0 aromatic carbocycles. The third-order valence-corrected chi connectivity index (χ3v) is 4.10. The van der Waals surface area contributed by atoms with Crippen LogP contribution in [-0.2, 0) is 0 Å². The van der Waals surface area contributed by atoms with Crippen molar-refractivity contribution in [2.24, 2.45) is 0 Å². The number of hydrogen-bond donors (Lipinski definition) is 1. The van der Waals surface area contributed by atoms with E-state index >= 15 is 0 Å². The molecule has 1 aliphatic carbocycles. The first-order valence-corrected chi connectivity index (χ1v) is 7.17. The highest BCUT2D eigenvalue weighted by atomic mass is 15.1. The van der Waals surface area contributed by atoms with E-state index in [1.807, 2.05) is 0 Å². The zero-order valence-corrected chi connectivity index (χ0v) is 11.5. The monoisotopic (exact) mass is 226 g/mol. The number of hydrogen-bond acceptors (Lipinski definition) is 2. The summed E-state index contributed by atoms with van der Waals surface area (Å²) in [6.45, 7) is 6.92. The number of nitrogens with zero attached hydrogens (tertiary/aromatic N) is 1. The molecule has 1 aliphatic rings. The first kappa shape index (κ1) is 14.0. The fraction of sp³-hybridized carbons (Fsp3) is 1.00. The molecule has 0 radical (unpaired) electrons. The molecule has 1 unspecified atom stereocenters. The van der Waals surface area contributed by atoms with E-state index in [-0.39, 0.29) is 0 Å². The highest BCUT2D eigenvalue weighted by Crippen LogP contribution is 2.16. The molecular weight excluding hydrogens is 196 g/mol. The van der Waals surface area contributed by atoms with Gasteiger partial charge in [-0.05, 0) is 33.2 Å². The first-order chi connectivity index (χ1) is 7.74. The van der Waals surface area contributed by atoms with Gasteiger partial charge in [0.1, 0.15) is 0 Å². The van der Waals surface area contributed by atoms with Gasteiger partial charge in [0.2, 0.25) is 0 Å². The van der Waals surface area contributed by atoms with Crippen LogP contribution in [0.4, 0.5) is 0 Å². The summed E-state index contributed by atoms with van der Waals surface area (Å²) in [7, 11) is 2.24. The molecule has 16 heavy (non-hydrogen) atoms. The molecular formula is C14H30N2. The minimum Gasteiger partial charge on any atom is -0.313 e. The molecule has 1 rings (SSSR count). The lowest BCUT2D eigenvalue weighted by molar-refractivity contribution is 0.246. The summed E-state index contributed by atoms with van der Waals surface area (Å²) in [5, 5.41) is 3.73. The van der Waals surface area contributed by atoms with Crippen LogP contribution in [0.2, 0.25) is 0 Å². The second kappa shape index (κ2) is 8.08. The molecule has 0 aromatic heterocycles. The molecule has 0 amide bonds. The number of likely N-dealkylation sites (N-methyl/N-ethyl adjacent to an activating group) is 1. The Balaban J connectivity index is 2.09. The topological polar surface area (TPSA) is 15.3 Å². The lowest BCUT2D eigenvalue weighted by Gasteiger charge is -2.25. The predicted octanol–water partition coefficient (Wildman–Crippen LogP) is 3.03. The second-order valence-electron chi connectivity index (χ2n) is 5.38. The Kier molecular flexibility index (Phi) is 7.06. The molecule has 0 aromatic rings. The van der Waals surface area contributed by atoms with Crippen LogP contribution in [0.15, 0.2) is 0 Å². The standard InChI is InChI=1S/C14H30N2/c1-4-13(2)16(3)12-11-15-14-9-7-5-6-8-10-14/h13-15H,4-12H2,1-3H3. The van der Waals surface area contributed by atoms with Gasteiger partial charge in [-0.3, -0.25) is 0 Å². The SMILES string of the molecule is CCC(C)N(C)CCNC1CCCCCC1. The Morgan fingerprint density at radius 2 is 1.81 bits per heavy atom. The summed E-state index contributed by atoms with van der Waals surface area (Å²) < 4.78 is 0. The normalized spacial score (nSPS) is 21.0. The van der Waals surface area contributed by atoms with Crippen LogP contribution in [0.25, 0.3) is 0 Å². The van der Waals surface area contributed by atoms with E-state index in [4.69, 9.17) is 0 Å². The van der Waals surface area contributed by atoms with E-state index in [1.54, 1.807) is 0 Å². The molecule has 2 nitrogen and oxygen atoms in total. The molecule has 2 heteroatoms. The lowest BCUT2D eigenvalue weighted by atomic mass is 10.1. The van der Waals surface area contributed by atoms with E-state index in [1.165, 1.54) is 51.5 Å². The molecule has 0 aliphatic heterocycles. The maximum Gasteiger partial charge on any atom is 0.0107 e. The molecule has 1 saturated carbocycles. The fourth-order valence-corrected chi connectivity index (χ4v) is 2.46. The van der Waals surface area contributed by atoms with Gasteiger partial charge in [-0.25, -0.2) is 0 Å². The van der Waals surface area contributed by atoms with E-state index < -0.39 is 0 Å². The van der Waals surface area contributed by atoms with Gasteiger partial charge in [0.15, 0.2) is 0 Å². The van der Waals surface area contributed by atoms with Crippen LogP contribution in [0.5, 0.6) is 0 Å². The summed E-state index contributed by atoms with van der Waals surface area (Å²) in [5.41, 5.74) is 0. The van der Waals surface area contributed by atoms with Crippen LogP contribution in [-0.4, -0.2) is 37.1 Å². The molecule has 1 N–H and O–H groups in total. The zero-order valence-electron chi connectivity index (χ0n) is 11.5. The molecule has 1 atom stereocenters. The van der Waals surface area contributed by atoms with E-state index in [9.17, 15) is 0 Å². The lowest BCUT2D eigenvalue weighted by Crippen LogP contribution is -2.38. The highest BCUT2D eigenvalue weighted by Gasteiger charge is 2.12. The van der Waals surface area contributed by atoms with Crippen LogP contribution in [0, 0.1) is 0 Å². The molecule has 0 saturated heterocycles. The van der Waals surface area contributed by atoms with Gasteiger partial charge in [-0.1, -0.05) is 32.6 Å². The van der Waals surface area contributed by atoms with Crippen LogP contribution >= 0.6 is 0 Å². The third-order valence-electron chi connectivity index (χ3n) is 4.10. The molecule has 0 bridgehead atoms. The first-order valence-electron chi connectivity index (χ1n) is 7.17. The maximum absolute atomic E-state index is 3.73. The fourth-order valence-electron chi connectivity index (χ4n) is 2.46. The van der Waals surface area contributed by atoms with Gasteiger partial charge in [0.05, 0.1) is 0 Å². The van der Waals surface area contributed by atoms with Gasteiger partial charge in [-0.2, -0.15) is 0 Å². The molecule has 0 heterocycles. The van der Waals surface area contributed by atoms with Crippen LogP contribution in [0.1, 0.15) is 58.8 Å². The highest BCUT2D eigenvalue weighted by molar-refractivity contribution is 4.71. The summed E-state index contributed by atoms with van der Waals surface area (Å²) in [6, 6.07) is 1.52. The summed E-state index contributed by atoms with van der Waals surface area (Å²) in [6.07, 6.45) is 9.80. The molecule has 1 fully saturated rings. The van der Waals surface area contributed by atoms with Gasteiger partial charge >= 0.3 is 0 Å². The summed E-state index contributed by atoms with van der Waals surface area (Å²) in [4.78, 5) is 2.46.